The first kappa shape index (κ1) is 10.6. The van der Waals surface area contributed by atoms with E-state index in [1.165, 1.54) is 6.42 Å². The molecule has 0 aliphatic heterocycles. The van der Waals surface area contributed by atoms with Crippen LogP contribution in [-0.2, 0) is 0 Å². The van der Waals surface area contributed by atoms with Crippen LogP contribution in [0.15, 0.2) is 4.52 Å². The molecule has 15 heavy (non-hydrogen) atoms. The summed E-state index contributed by atoms with van der Waals surface area (Å²) in [5, 5.41) is 7.23. The van der Waals surface area contributed by atoms with Crippen LogP contribution in [0, 0.1) is 5.41 Å². The first-order valence-electron chi connectivity index (χ1n) is 5.59. The maximum absolute atomic E-state index is 5.28. The number of hydrogen-bond acceptors (Lipinski definition) is 4. The molecule has 1 heterocycles. The molecule has 4 nitrogen and oxygen atoms in total. The quantitative estimate of drug-likeness (QED) is 0.826. The highest BCUT2D eigenvalue weighted by atomic mass is 16.5. The molecule has 0 amide bonds. The van der Waals surface area contributed by atoms with E-state index in [1.54, 1.807) is 0 Å². The molecule has 2 rings (SSSR count). The first-order chi connectivity index (χ1) is 7.08. The van der Waals surface area contributed by atoms with Crippen molar-refractivity contribution in [1.29, 1.82) is 0 Å². The Labute approximate surface area is 90.4 Å². The zero-order valence-corrected chi connectivity index (χ0v) is 9.87. The summed E-state index contributed by atoms with van der Waals surface area (Å²) >= 11 is 0. The molecular weight excluding hydrogens is 190 g/mol. The van der Waals surface area contributed by atoms with Crippen LogP contribution in [0.1, 0.15) is 57.3 Å². The standard InChI is InChI=1S/C11H19N3O/c1-5-8(12-4)10-13-9(14-15-10)7-6-11(7,2)3/h7-8,12H,5-6H2,1-4H3. The van der Waals surface area contributed by atoms with E-state index in [2.05, 4.69) is 36.2 Å². The normalized spacial score (nSPS) is 25.2. The molecule has 2 unspecified atom stereocenters. The van der Waals surface area contributed by atoms with Crippen molar-refractivity contribution in [2.75, 3.05) is 7.05 Å². The highest BCUT2D eigenvalue weighted by Crippen LogP contribution is 2.57. The second-order valence-electron chi connectivity index (χ2n) is 4.99. The van der Waals surface area contributed by atoms with E-state index >= 15 is 0 Å². The fourth-order valence-corrected chi connectivity index (χ4v) is 1.94. The molecule has 1 N–H and O–H groups in total. The van der Waals surface area contributed by atoms with E-state index in [9.17, 15) is 0 Å². The minimum Gasteiger partial charge on any atom is -0.338 e. The molecule has 1 fully saturated rings. The summed E-state index contributed by atoms with van der Waals surface area (Å²) in [5.74, 6) is 2.09. The third-order valence-electron chi connectivity index (χ3n) is 3.34. The Morgan fingerprint density at radius 1 is 1.60 bits per heavy atom. The van der Waals surface area contributed by atoms with Crippen molar-refractivity contribution in [2.45, 2.75) is 45.6 Å². The Morgan fingerprint density at radius 2 is 2.27 bits per heavy atom. The molecule has 1 aromatic rings. The topological polar surface area (TPSA) is 51.0 Å². The van der Waals surface area contributed by atoms with Crippen molar-refractivity contribution >= 4 is 0 Å². The summed E-state index contributed by atoms with van der Waals surface area (Å²) in [7, 11) is 1.92. The lowest BCUT2D eigenvalue weighted by Crippen LogP contribution is -2.15. The van der Waals surface area contributed by atoms with E-state index < -0.39 is 0 Å². The van der Waals surface area contributed by atoms with Crippen LogP contribution in [0.2, 0.25) is 0 Å². The van der Waals surface area contributed by atoms with Gasteiger partial charge in [-0.15, -0.1) is 0 Å². The molecule has 84 valence electrons. The van der Waals surface area contributed by atoms with Gasteiger partial charge in [-0.3, -0.25) is 0 Å². The minimum atomic E-state index is 0.188. The van der Waals surface area contributed by atoms with Crippen molar-refractivity contribution in [2.24, 2.45) is 5.41 Å². The van der Waals surface area contributed by atoms with Gasteiger partial charge in [0.15, 0.2) is 5.82 Å². The van der Waals surface area contributed by atoms with Crippen LogP contribution in [-0.4, -0.2) is 17.2 Å². The van der Waals surface area contributed by atoms with Gasteiger partial charge in [-0.2, -0.15) is 4.98 Å². The molecule has 0 saturated heterocycles. The lowest BCUT2D eigenvalue weighted by Gasteiger charge is -2.06. The van der Waals surface area contributed by atoms with Crippen molar-refractivity contribution in [3.63, 3.8) is 0 Å². The predicted molar refractivity (Wildman–Crippen MR) is 57.5 cm³/mol. The van der Waals surface area contributed by atoms with Gasteiger partial charge >= 0.3 is 0 Å². The van der Waals surface area contributed by atoms with E-state index in [1.807, 2.05) is 7.05 Å². The van der Waals surface area contributed by atoms with Gasteiger partial charge in [-0.25, -0.2) is 0 Å². The fraction of sp³-hybridized carbons (Fsp3) is 0.818. The number of aromatic nitrogens is 2. The second-order valence-corrected chi connectivity index (χ2v) is 4.99. The molecular formula is C11H19N3O. The second kappa shape index (κ2) is 3.59. The summed E-state index contributed by atoms with van der Waals surface area (Å²) in [6, 6.07) is 0.188. The van der Waals surface area contributed by atoms with Gasteiger partial charge in [0.05, 0.1) is 6.04 Å². The zero-order chi connectivity index (χ0) is 11.1. The van der Waals surface area contributed by atoms with Crippen LogP contribution in [0.5, 0.6) is 0 Å². The number of nitrogens with zero attached hydrogens (tertiary/aromatic N) is 2. The highest BCUT2D eigenvalue weighted by Gasteiger charge is 2.49. The molecule has 4 heteroatoms. The molecule has 1 aromatic heterocycles. The van der Waals surface area contributed by atoms with E-state index in [4.69, 9.17) is 4.52 Å². The van der Waals surface area contributed by atoms with Crippen molar-refractivity contribution in [3.05, 3.63) is 11.7 Å². The highest BCUT2D eigenvalue weighted by molar-refractivity contribution is 5.14. The molecule has 1 aliphatic carbocycles. The molecule has 1 aliphatic rings. The van der Waals surface area contributed by atoms with Gasteiger partial charge in [-0.1, -0.05) is 25.9 Å². The van der Waals surface area contributed by atoms with E-state index in [0.717, 1.165) is 18.1 Å². The Morgan fingerprint density at radius 3 is 2.73 bits per heavy atom. The number of hydrogen-bond donors (Lipinski definition) is 1. The van der Waals surface area contributed by atoms with Crippen LogP contribution in [0.25, 0.3) is 0 Å². The third-order valence-corrected chi connectivity index (χ3v) is 3.34. The maximum Gasteiger partial charge on any atom is 0.243 e. The van der Waals surface area contributed by atoms with Crippen molar-refractivity contribution < 1.29 is 4.52 Å². The van der Waals surface area contributed by atoms with Gasteiger partial charge < -0.3 is 9.84 Å². The number of nitrogens with one attached hydrogen (secondary N) is 1. The van der Waals surface area contributed by atoms with Gasteiger partial charge in [0, 0.05) is 5.92 Å². The molecule has 1 saturated carbocycles. The van der Waals surface area contributed by atoms with Crippen LogP contribution in [0.4, 0.5) is 0 Å². The Bertz CT molecular complexity index is 325. The Kier molecular flexibility index (Phi) is 2.54. The van der Waals surface area contributed by atoms with Gasteiger partial charge in [0.25, 0.3) is 0 Å². The monoisotopic (exact) mass is 209 g/mol. The summed E-state index contributed by atoms with van der Waals surface area (Å²) in [5.41, 5.74) is 0.364. The van der Waals surface area contributed by atoms with Crippen molar-refractivity contribution in [3.8, 4) is 0 Å². The molecule has 0 spiro atoms. The predicted octanol–water partition coefficient (Wildman–Crippen LogP) is 2.25. The summed E-state index contributed by atoms with van der Waals surface area (Å²) < 4.78 is 5.28. The molecule has 0 radical (unpaired) electrons. The maximum atomic E-state index is 5.28. The minimum absolute atomic E-state index is 0.188. The molecule has 2 atom stereocenters. The average Bonchev–Trinajstić information content (AvgIpc) is 2.65. The third kappa shape index (κ3) is 1.91. The summed E-state index contributed by atoms with van der Waals surface area (Å²) in [4.78, 5) is 4.47. The van der Waals surface area contributed by atoms with E-state index in [0.29, 0.717) is 11.3 Å². The van der Waals surface area contributed by atoms with E-state index in [-0.39, 0.29) is 6.04 Å². The Hall–Kier alpha value is -0.900. The van der Waals surface area contributed by atoms with Crippen LogP contribution < -0.4 is 5.32 Å². The molecule has 0 bridgehead atoms. The summed E-state index contributed by atoms with van der Waals surface area (Å²) in [6.45, 7) is 6.58. The zero-order valence-electron chi connectivity index (χ0n) is 9.87. The van der Waals surface area contributed by atoms with Crippen molar-refractivity contribution in [1.82, 2.24) is 15.5 Å². The van der Waals surface area contributed by atoms with Gasteiger partial charge in [0.1, 0.15) is 0 Å². The smallest absolute Gasteiger partial charge is 0.243 e. The van der Waals surface area contributed by atoms with Crippen LogP contribution >= 0.6 is 0 Å². The lowest BCUT2D eigenvalue weighted by atomic mass is 10.1. The van der Waals surface area contributed by atoms with Gasteiger partial charge in [0.2, 0.25) is 5.89 Å². The van der Waals surface area contributed by atoms with Gasteiger partial charge in [-0.05, 0) is 25.3 Å². The largest absolute Gasteiger partial charge is 0.338 e. The molecule has 0 aromatic carbocycles. The summed E-state index contributed by atoms with van der Waals surface area (Å²) in [6.07, 6.45) is 2.13. The lowest BCUT2D eigenvalue weighted by molar-refractivity contribution is 0.330. The van der Waals surface area contributed by atoms with Crippen LogP contribution in [0.3, 0.4) is 0 Å². The SMILES string of the molecule is CCC(NC)c1nc(C2CC2(C)C)no1. The first-order valence-corrected chi connectivity index (χ1v) is 5.59. The fourth-order valence-electron chi connectivity index (χ4n) is 1.94. The Balaban J connectivity index is 2.11. The average molecular weight is 209 g/mol. The number of rotatable bonds is 4.